The van der Waals surface area contributed by atoms with E-state index in [0.29, 0.717) is 31.3 Å². The third kappa shape index (κ3) is 5.51. The molecule has 0 fully saturated rings. The van der Waals surface area contributed by atoms with E-state index in [1.807, 2.05) is 27.1 Å². The fourth-order valence-corrected chi connectivity index (χ4v) is 4.19. The number of carbonyl (C=O) groups is 1. The predicted octanol–water partition coefficient (Wildman–Crippen LogP) is 1.69. The summed E-state index contributed by atoms with van der Waals surface area (Å²) in [5.74, 6) is 0.814. The molecule has 2 aromatic rings. The van der Waals surface area contributed by atoms with Crippen LogP contribution in [0.4, 0.5) is 0 Å². The van der Waals surface area contributed by atoms with Crippen molar-refractivity contribution in [1.82, 2.24) is 19.4 Å². The minimum absolute atomic E-state index is 0.00582. The number of aryl methyl sites for hydroxylation is 1. The van der Waals surface area contributed by atoms with Crippen LogP contribution in [0.1, 0.15) is 32.3 Å². The van der Waals surface area contributed by atoms with Crippen LogP contribution in [0, 0.1) is 0 Å². The van der Waals surface area contributed by atoms with Crippen LogP contribution < -0.4 is 14.2 Å². The number of benzene rings is 1. The average Bonchev–Trinajstić information content (AvgIpc) is 2.96. The molecule has 1 N–H and O–H groups in total. The summed E-state index contributed by atoms with van der Waals surface area (Å²) < 4.78 is 40.6. The van der Waals surface area contributed by atoms with E-state index in [1.165, 1.54) is 12.1 Å². The predicted molar refractivity (Wildman–Crippen MR) is 111 cm³/mol. The summed E-state index contributed by atoms with van der Waals surface area (Å²) in [6, 6.07) is 4.50. The number of hydrogen-bond donors (Lipinski definition) is 1. The molecule has 3 rings (SSSR count). The summed E-state index contributed by atoms with van der Waals surface area (Å²) in [6.07, 6.45) is 4.37. The molecule has 1 aromatic carbocycles. The number of aromatic nitrogens is 2. The van der Waals surface area contributed by atoms with Gasteiger partial charge in [0.15, 0.2) is 11.5 Å². The van der Waals surface area contributed by atoms with Gasteiger partial charge >= 0.3 is 0 Å². The number of carbonyl (C=O) groups excluding carboxylic acids is 1. The first-order chi connectivity index (χ1) is 14.3. The fraction of sp³-hybridized carbons (Fsp3) is 0.500. The van der Waals surface area contributed by atoms with Gasteiger partial charge < -0.3 is 14.4 Å². The molecule has 0 aliphatic carbocycles. The van der Waals surface area contributed by atoms with Gasteiger partial charge in [-0.2, -0.15) is 5.10 Å². The summed E-state index contributed by atoms with van der Waals surface area (Å²) in [6.45, 7) is 5.29. The van der Waals surface area contributed by atoms with Crippen molar-refractivity contribution in [2.24, 2.45) is 7.05 Å². The Labute approximate surface area is 177 Å². The third-order valence-corrected chi connectivity index (χ3v) is 6.17. The summed E-state index contributed by atoms with van der Waals surface area (Å²) in [4.78, 5) is 14.5. The minimum Gasteiger partial charge on any atom is -0.490 e. The van der Waals surface area contributed by atoms with Gasteiger partial charge in [-0.1, -0.05) is 0 Å². The standard InChI is InChI=1S/C20H28N4O5S/c1-15(2)24(14-16-12-21-23(3)13-16)20(25)7-8-22-30(26,27)17-5-6-18-19(11-17)29-10-4-9-28-18/h5-6,11-13,15,22H,4,7-10,14H2,1-3H3. The maximum Gasteiger partial charge on any atom is 0.240 e. The van der Waals surface area contributed by atoms with E-state index < -0.39 is 10.0 Å². The monoisotopic (exact) mass is 436 g/mol. The molecule has 0 unspecified atom stereocenters. The lowest BCUT2D eigenvalue weighted by atomic mass is 10.2. The van der Waals surface area contributed by atoms with Gasteiger partial charge in [-0.3, -0.25) is 9.48 Å². The van der Waals surface area contributed by atoms with Gasteiger partial charge in [0.2, 0.25) is 15.9 Å². The molecule has 0 bridgehead atoms. The normalized spacial score (nSPS) is 13.9. The Morgan fingerprint density at radius 2 is 2.00 bits per heavy atom. The quantitative estimate of drug-likeness (QED) is 0.676. The number of ether oxygens (including phenoxy) is 2. The van der Waals surface area contributed by atoms with Gasteiger partial charge in [0.25, 0.3) is 0 Å². The molecule has 9 nitrogen and oxygen atoms in total. The van der Waals surface area contributed by atoms with Crippen LogP contribution in [-0.2, 0) is 28.4 Å². The van der Waals surface area contributed by atoms with Crippen LogP contribution in [0.25, 0.3) is 0 Å². The second-order valence-corrected chi connectivity index (χ2v) is 9.21. The molecule has 1 aliphatic rings. The SMILES string of the molecule is CC(C)N(Cc1cnn(C)c1)C(=O)CCNS(=O)(=O)c1ccc2c(c1)OCCCO2. The molecule has 164 valence electrons. The molecular formula is C20H28N4O5S. The highest BCUT2D eigenvalue weighted by Gasteiger charge is 2.21. The van der Waals surface area contributed by atoms with E-state index in [1.54, 1.807) is 21.8 Å². The number of rotatable bonds is 8. The molecule has 1 amide bonds. The summed E-state index contributed by atoms with van der Waals surface area (Å²) >= 11 is 0. The second kappa shape index (κ2) is 9.48. The number of hydrogen-bond acceptors (Lipinski definition) is 6. The van der Waals surface area contributed by atoms with Gasteiger partial charge in [-0.15, -0.1) is 0 Å². The first-order valence-corrected chi connectivity index (χ1v) is 11.4. The summed E-state index contributed by atoms with van der Waals surface area (Å²) in [5.41, 5.74) is 0.923. The number of nitrogens with zero attached hydrogens (tertiary/aromatic N) is 3. The molecule has 0 radical (unpaired) electrons. The highest BCUT2D eigenvalue weighted by molar-refractivity contribution is 7.89. The lowest BCUT2D eigenvalue weighted by Gasteiger charge is -2.26. The van der Waals surface area contributed by atoms with E-state index in [4.69, 9.17) is 9.47 Å². The van der Waals surface area contributed by atoms with E-state index in [2.05, 4.69) is 9.82 Å². The van der Waals surface area contributed by atoms with Crippen LogP contribution in [0.2, 0.25) is 0 Å². The van der Waals surface area contributed by atoms with E-state index >= 15 is 0 Å². The molecule has 1 aliphatic heterocycles. The Morgan fingerprint density at radius 1 is 1.27 bits per heavy atom. The number of fused-ring (bicyclic) bond motifs is 1. The molecule has 0 spiro atoms. The highest BCUT2D eigenvalue weighted by atomic mass is 32.2. The van der Waals surface area contributed by atoms with Crippen molar-refractivity contribution in [3.8, 4) is 11.5 Å². The van der Waals surface area contributed by atoms with Crippen molar-refractivity contribution in [3.63, 3.8) is 0 Å². The molecule has 30 heavy (non-hydrogen) atoms. The topological polar surface area (TPSA) is 103 Å². The Morgan fingerprint density at radius 3 is 2.67 bits per heavy atom. The maximum atomic E-state index is 12.7. The minimum atomic E-state index is -3.77. The van der Waals surface area contributed by atoms with Gasteiger partial charge in [0.1, 0.15) is 0 Å². The molecule has 10 heteroatoms. The molecule has 0 atom stereocenters. The van der Waals surface area contributed by atoms with Crippen LogP contribution in [0.3, 0.4) is 0 Å². The Hall–Kier alpha value is -2.59. The van der Waals surface area contributed by atoms with Gasteiger partial charge in [0, 0.05) is 56.8 Å². The van der Waals surface area contributed by atoms with Crippen molar-refractivity contribution >= 4 is 15.9 Å². The number of amides is 1. The van der Waals surface area contributed by atoms with Gasteiger partial charge in [0.05, 0.1) is 24.3 Å². The zero-order chi connectivity index (χ0) is 21.7. The average molecular weight is 437 g/mol. The first kappa shape index (κ1) is 22.1. The van der Waals surface area contributed by atoms with Gasteiger partial charge in [-0.25, -0.2) is 13.1 Å². The van der Waals surface area contributed by atoms with Crippen molar-refractivity contribution in [3.05, 3.63) is 36.2 Å². The largest absolute Gasteiger partial charge is 0.490 e. The zero-order valence-corrected chi connectivity index (χ0v) is 18.3. The van der Waals surface area contributed by atoms with Crippen LogP contribution >= 0.6 is 0 Å². The van der Waals surface area contributed by atoms with Crippen molar-refractivity contribution in [1.29, 1.82) is 0 Å². The lowest BCUT2D eigenvalue weighted by molar-refractivity contribution is -0.133. The van der Waals surface area contributed by atoms with Gasteiger partial charge in [-0.05, 0) is 26.0 Å². The van der Waals surface area contributed by atoms with E-state index in [9.17, 15) is 13.2 Å². The number of nitrogens with one attached hydrogen (secondary N) is 1. The molecule has 0 saturated heterocycles. The molecular weight excluding hydrogens is 408 g/mol. The highest BCUT2D eigenvalue weighted by Crippen LogP contribution is 2.31. The summed E-state index contributed by atoms with van der Waals surface area (Å²) in [5, 5.41) is 4.12. The summed E-state index contributed by atoms with van der Waals surface area (Å²) in [7, 11) is -1.95. The number of sulfonamides is 1. The Kier molecular flexibility index (Phi) is 6.99. The van der Waals surface area contributed by atoms with E-state index in [-0.39, 0.29) is 29.8 Å². The van der Waals surface area contributed by atoms with Crippen molar-refractivity contribution < 1.29 is 22.7 Å². The Balaban J connectivity index is 1.60. The molecule has 0 saturated carbocycles. The first-order valence-electron chi connectivity index (χ1n) is 9.92. The van der Waals surface area contributed by atoms with Crippen molar-refractivity contribution in [2.75, 3.05) is 19.8 Å². The third-order valence-electron chi connectivity index (χ3n) is 4.72. The maximum absolute atomic E-state index is 12.7. The molecule has 1 aromatic heterocycles. The fourth-order valence-electron chi connectivity index (χ4n) is 3.14. The van der Waals surface area contributed by atoms with Crippen molar-refractivity contribution in [2.45, 2.75) is 44.2 Å². The smallest absolute Gasteiger partial charge is 0.240 e. The lowest BCUT2D eigenvalue weighted by Crippen LogP contribution is -2.38. The van der Waals surface area contributed by atoms with E-state index in [0.717, 1.165) is 12.0 Å². The van der Waals surface area contributed by atoms with Crippen LogP contribution in [0.15, 0.2) is 35.5 Å². The van der Waals surface area contributed by atoms with Crippen LogP contribution in [-0.4, -0.2) is 54.8 Å². The molecule has 2 heterocycles. The Bertz CT molecular complexity index is 987. The van der Waals surface area contributed by atoms with Crippen LogP contribution in [0.5, 0.6) is 11.5 Å². The zero-order valence-electron chi connectivity index (χ0n) is 17.5. The second-order valence-electron chi connectivity index (χ2n) is 7.44.